The van der Waals surface area contributed by atoms with Crippen LogP contribution in [-0.2, 0) is 4.74 Å². The molecule has 0 bridgehead atoms. The van der Waals surface area contributed by atoms with Crippen LogP contribution < -0.4 is 0 Å². The number of esters is 1. The number of Topliss-reactive ketones (excluding diaryl/α,β-unsaturated/α-hetero) is 1. The first kappa shape index (κ1) is 24.1. The van der Waals surface area contributed by atoms with E-state index >= 15 is 0 Å². The van der Waals surface area contributed by atoms with E-state index < -0.39 is 29.4 Å². The smallest absolute Gasteiger partial charge is 0.341 e. The third-order valence-electron chi connectivity index (χ3n) is 4.80. The number of hydrogen-bond donors (Lipinski definition) is 1. The van der Waals surface area contributed by atoms with Gasteiger partial charge in [0, 0.05) is 16.8 Å². The van der Waals surface area contributed by atoms with Crippen molar-refractivity contribution in [3.8, 4) is 0 Å². The molecule has 2 unspecified atom stereocenters. The molecule has 1 heterocycles. The van der Waals surface area contributed by atoms with Crippen LogP contribution in [0.2, 0.25) is 0 Å². The van der Waals surface area contributed by atoms with Crippen LogP contribution >= 0.6 is 0 Å². The first-order valence-electron chi connectivity index (χ1n) is 10.1. The van der Waals surface area contributed by atoms with Crippen molar-refractivity contribution < 1.29 is 19.4 Å². The number of azide groups is 1. The number of benzene rings is 1. The number of ketones is 1. The number of hydrogen-bond acceptors (Lipinski definition) is 6. The monoisotopic (exact) mass is 424 g/mol. The minimum Gasteiger partial charge on any atom is -0.456 e. The molecule has 8 heteroatoms. The predicted octanol–water partition coefficient (Wildman–Crippen LogP) is 4.93. The van der Waals surface area contributed by atoms with Gasteiger partial charge in [0.15, 0.2) is 5.78 Å². The van der Waals surface area contributed by atoms with E-state index in [9.17, 15) is 14.7 Å². The van der Waals surface area contributed by atoms with E-state index in [1.165, 1.54) is 6.08 Å². The summed E-state index contributed by atoms with van der Waals surface area (Å²) in [5, 5.41) is 14.8. The largest absolute Gasteiger partial charge is 0.456 e. The number of carbonyl (C=O) groups is 2. The molecule has 0 saturated carbocycles. The van der Waals surface area contributed by atoms with Gasteiger partial charge in [-0.15, -0.1) is 6.58 Å². The van der Waals surface area contributed by atoms with Crippen LogP contribution in [0.25, 0.3) is 21.3 Å². The Labute approximate surface area is 181 Å². The van der Waals surface area contributed by atoms with Crippen molar-refractivity contribution in [3.63, 3.8) is 0 Å². The predicted molar refractivity (Wildman–Crippen MR) is 119 cm³/mol. The topological polar surface area (TPSA) is 125 Å². The summed E-state index contributed by atoms with van der Waals surface area (Å²) in [6, 6.07) is 7.22. The fourth-order valence-corrected chi connectivity index (χ4v) is 3.36. The maximum absolute atomic E-state index is 13.5. The van der Waals surface area contributed by atoms with Crippen molar-refractivity contribution in [1.82, 2.24) is 4.98 Å². The Morgan fingerprint density at radius 3 is 2.65 bits per heavy atom. The van der Waals surface area contributed by atoms with E-state index in [1.54, 1.807) is 39.8 Å². The van der Waals surface area contributed by atoms with Crippen LogP contribution in [0.1, 0.15) is 60.0 Å². The number of ether oxygens (including phenoxy) is 1. The van der Waals surface area contributed by atoms with Crippen molar-refractivity contribution in [3.05, 3.63) is 64.2 Å². The van der Waals surface area contributed by atoms with Crippen LogP contribution in [0.5, 0.6) is 0 Å². The van der Waals surface area contributed by atoms with Gasteiger partial charge in [0.1, 0.15) is 11.3 Å². The van der Waals surface area contributed by atoms with Crippen molar-refractivity contribution in [2.24, 2.45) is 11.0 Å². The van der Waals surface area contributed by atoms with Crippen LogP contribution in [0, 0.1) is 12.8 Å². The van der Waals surface area contributed by atoms with Gasteiger partial charge >= 0.3 is 5.97 Å². The molecule has 0 radical (unpaired) electrons. The molecule has 1 aromatic carbocycles. The lowest BCUT2D eigenvalue weighted by molar-refractivity contribution is 0.00652. The SMILES string of the molecule is C=CCC(C(=O)c1nc2ccccc2c(C)c1C(=O)OC(C)(C)C)C(O)CCN=[N+]=[N-]. The minimum atomic E-state index is -1.09. The summed E-state index contributed by atoms with van der Waals surface area (Å²) in [6.07, 6.45) is 0.719. The number of aromatic nitrogens is 1. The van der Waals surface area contributed by atoms with Gasteiger partial charge < -0.3 is 9.84 Å². The van der Waals surface area contributed by atoms with Crippen molar-refractivity contribution in [2.75, 3.05) is 6.54 Å². The number of aryl methyl sites for hydroxylation is 1. The summed E-state index contributed by atoms with van der Waals surface area (Å²) in [6.45, 7) is 10.7. The first-order valence-corrected chi connectivity index (χ1v) is 10.1. The standard InChI is InChI=1S/C23H28N4O4/c1-6-9-16(18(28)12-13-25-27-24)21(29)20-19(22(30)31-23(3,4)5)14(2)15-10-7-8-11-17(15)26-20/h6-8,10-11,16,18,28H,1,9,12-13H2,2-5H3. The quantitative estimate of drug-likeness (QED) is 0.152. The molecular formula is C23H28N4O4. The average Bonchev–Trinajstić information content (AvgIpc) is 2.70. The molecule has 164 valence electrons. The first-order chi connectivity index (χ1) is 14.6. The Hall–Kier alpha value is -3.22. The molecule has 0 aliphatic rings. The van der Waals surface area contributed by atoms with Crippen molar-refractivity contribution in [1.29, 1.82) is 0 Å². The summed E-state index contributed by atoms with van der Waals surface area (Å²) in [5.74, 6) is -2.02. The zero-order chi connectivity index (χ0) is 23.2. The van der Waals surface area contributed by atoms with Crippen LogP contribution in [0.3, 0.4) is 0 Å². The molecule has 0 amide bonds. The molecule has 0 aliphatic carbocycles. The number of carbonyl (C=O) groups excluding carboxylic acids is 2. The van der Waals surface area contributed by atoms with E-state index in [0.717, 1.165) is 5.39 Å². The number of rotatable bonds is 9. The zero-order valence-electron chi connectivity index (χ0n) is 18.3. The number of para-hydroxylation sites is 1. The van der Waals surface area contributed by atoms with Crippen LogP contribution in [0.4, 0.5) is 0 Å². The van der Waals surface area contributed by atoms with Gasteiger partial charge in [0.25, 0.3) is 0 Å². The maximum atomic E-state index is 13.5. The van der Waals surface area contributed by atoms with Crippen molar-refractivity contribution >= 4 is 22.7 Å². The van der Waals surface area contributed by atoms with E-state index in [-0.39, 0.29) is 30.6 Å². The van der Waals surface area contributed by atoms with Gasteiger partial charge in [-0.05, 0) is 57.7 Å². The molecule has 0 saturated heterocycles. The molecule has 2 aromatic rings. The Balaban J connectivity index is 2.62. The lowest BCUT2D eigenvalue weighted by Crippen LogP contribution is -2.32. The third-order valence-corrected chi connectivity index (χ3v) is 4.80. The van der Waals surface area contributed by atoms with Gasteiger partial charge in [0.05, 0.1) is 23.1 Å². The second-order valence-corrected chi connectivity index (χ2v) is 8.29. The highest BCUT2D eigenvalue weighted by atomic mass is 16.6. The summed E-state index contributed by atoms with van der Waals surface area (Å²) in [4.78, 5) is 33.7. The Morgan fingerprint density at radius 1 is 1.35 bits per heavy atom. The molecule has 31 heavy (non-hydrogen) atoms. The number of aliphatic hydroxyl groups is 1. The summed E-state index contributed by atoms with van der Waals surface area (Å²) in [5.41, 5.74) is 8.91. The summed E-state index contributed by atoms with van der Waals surface area (Å²) in [7, 11) is 0. The second kappa shape index (κ2) is 10.2. The third kappa shape index (κ3) is 5.90. The van der Waals surface area contributed by atoms with E-state index in [4.69, 9.17) is 10.3 Å². The second-order valence-electron chi connectivity index (χ2n) is 8.29. The average molecular weight is 425 g/mol. The van der Waals surface area contributed by atoms with Crippen LogP contribution in [0.15, 0.2) is 42.0 Å². The highest BCUT2D eigenvalue weighted by Gasteiger charge is 2.33. The number of pyridine rings is 1. The maximum Gasteiger partial charge on any atom is 0.341 e. The zero-order valence-corrected chi connectivity index (χ0v) is 18.3. The van der Waals surface area contributed by atoms with Gasteiger partial charge in [-0.3, -0.25) is 4.79 Å². The molecule has 8 nitrogen and oxygen atoms in total. The molecule has 1 aromatic heterocycles. The molecule has 2 atom stereocenters. The number of aliphatic hydroxyl groups excluding tert-OH is 1. The van der Waals surface area contributed by atoms with Gasteiger partial charge in [-0.25, -0.2) is 9.78 Å². The summed E-state index contributed by atoms with van der Waals surface area (Å²) >= 11 is 0. The normalized spacial score (nSPS) is 13.2. The number of fused-ring (bicyclic) bond motifs is 1. The van der Waals surface area contributed by atoms with E-state index in [2.05, 4.69) is 21.6 Å². The van der Waals surface area contributed by atoms with E-state index in [0.29, 0.717) is 11.1 Å². The van der Waals surface area contributed by atoms with Crippen molar-refractivity contribution in [2.45, 2.75) is 52.2 Å². The summed E-state index contributed by atoms with van der Waals surface area (Å²) < 4.78 is 5.55. The lowest BCUT2D eigenvalue weighted by atomic mass is 9.87. The fraction of sp³-hybridized carbons (Fsp3) is 0.435. The number of allylic oxidation sites excluding steroid dienone is 1. The van der Waals surface area contributed by atoms with Gasteiger partial charge in [-0.2, -0.15) is 0 Å². The Morgan fingerprint density at radius 2 is 2.03 bits per heavy atom. The lowest BCUT2D eigenvalue weighted by Gasteiger charge is -2.24. The molecule has 0 aliphatic heterocycles. The number of nitrogens with zero attached hydrogens (tertiary/aromatic N) is 4. The van der Waals surface area contributed by atoms with Gasteiger partial charge in [-0.1, -0.05) is 29.4 Å². The molecule has 0 spiro atoms. The highest BCUT2D eigenvalue weighted by molar-refractivity contribution is 6.10. The molecular weight excluding hydrogens is 396 g/mol. The Kier molecular flexibility index (Phi) is 7.91. The molecule has 1 N–H and O–H groups in total. The highest BCUT2D eigenvalue weighted by Crippen LogP contribution is 2.28. The Bertz CT molecular complexity index is 1040. The fourth-order valence-electron chi connectivity index (χ4n) is 3.36. The van der Waals surface area contributed by atoms with Gasteiger partial charge in [0.2, 0.25) is 0 Å². The van der Waals surface area contributed by atoms with E-state index in [1.807, 2.05) is 12.1 Å². The molecule has 0 fully saturated rings. The molecule has 2 rings (SSSR count). The van der Waals surface area contributed by atoms with Crippen LogP contribution in [-0.4, -0.2) is 40.1 Å². The minimum absolute atomic E-state index is 0.0415.